The highest BCUT2D eigenvalue weighted by molar-refractivity contribution is 7.84. The highest BCUT2D eigenvalue weighted by atomic mass is 32.2. The van der Waals surface area contributed by atoms with Crippen molar-refractivity contribution in [3.63, 3.8) is 0 Å². The van der Waals surface area contributed by atoms with Gasteiger partial charge in [0.05, 0.1) is 0 Å². The lowest BCUT2D eigenvalue weighted by atomic mass is 9.50. The van der Waals surface area contributed by atoms with E-state index >= 15 is 0 Å². The molecular weight excluding hydrogens is 533 g/mol. The first kappa shape index (κ1) is 27.3. The number of halogens is 5. The molecule has 0 saturated heterocycles. The molecular formula is C26H28F5NO5S. The Morgan fingerprint density at radius 2 is 1.71 bits per heavy atom. The molecule has 12 heteroatoms. The fraction of sp³-hybridized carbons (Fsp3) is 0.577. The van der Waals surface area contributed by atoms with E-state index in [2.05, 4.69) is 4.18 Å². The molecule has 5 atom stereocenters. The van der Waals surface area contributed by atoms with E-state index in [-0.39, 0.29) is 36.7 Å². The van der Waals surface area contributed by atoms with Crippen molar-refractivity contribution in [2.75, 3.05) is 0 Å². The molecule has 208 valence electrons. The number of aliphatic hydroxyl groups is 1. The van der Waals surface area contributed by atoms with E-state index in [9.17, 15) is 40.3 Å². The van der Waals surface area contributed by atoms with Crippen molar-refractivity contribution in [2.45, 2.75) is 75.5 Å². The average molecular weight is 562 g/mol. The number of ketones is 1. The van der Waals surface area contributed by atoms with Crippen LogP contribution >= 0.6 is 0 Å². The molecule has 3 N–H and O–H groups in total. The molecule has 0 amide bonds. The SMILES string of the molecule is C[C@]12C[C@H](c3ccc(OS(N)(=O)=O)cc3)C3=C4CCC(=O)C=C4CC[C@H]3[C@@H]1CC[C@@]2(O)C(F)(F)C(F)(F)F. The number of nitrogens with two attached hydrogens (primary N) is 1. The van der Waals surface area contributed by atoms with Crippen molar-refractivity contribution in [1.82, 2.24) is 0 Å². The summed E-state index contributed by atoms with van der Waals surface area (Å²) in [6, 6.07) is 5.73. The standard InChI is InChI=1S/C26H28F5NO5S/c1-23-13-20(14-2-6-17(7-3-14)37-38(32,35)36)22-18-9-5-16(33)12-15(18)4-8-19(22)21(23)10-11-24(23,34)25(27,28)26(29,30)31/h2-3,6-7,12,19-21,34H,4-5,8-11,13H2,1H3,(H2,32,35,36)/t19-,20+,21-,23-,24-/m0/s1. The first-order valence-electron chi connectivity index (χ1n) is 12.4. The number of hydrogen-bond acceptors (Lipinski definition) is 5. The summed E-state index contributed by atoms with van der Waals surface area (Å²) in [5.41, 5.74) is -1.79. The molecule has 0 aromatic heterocycles. The largest absolute Gasteiger partial charge is 0.456 e. The normalized spacial score (nSPS) is 33.8. The number of fused-ring (bicyclic) bond motifs is 4. The Hall–Kier alpha value is -2.31. The monoisotopic (exact) mass is 561 g/mol. The van der Waals surface area contributed by atoms with Crippen molar-refractivity contribution >= 4 is 16.1 Å². The maximum absolute atomic E-state index is 15.0. The molecule has 2 fully saturated rings. The summed E-state index contributed by atoms with van der Waals surface area (Å²) >= 11 is 0. The van der Waals surface area contributed by atoms with Gasteiger partial charge in [-0.25, -0.2) is 0 Å². The molecule has 0 spiro atoms. The Morgan fingerprint density at radius 1 is 1.05 bits per heavy atom. The van der Waals surface area contributed by atoms with Gasteiger partial charge in [-0.3, -0.25) is 4.79 Å². The van der Waals surface area contributed by atoms with Gasteiger partial charge in [0.1, 0.15) is 11.4 Å². The van der Waals surface area contributed by atoms with Gasteiger partial charge in [0, 0.05) is 17.8 Å². The number of carbonyl (C=O) groups excluding carboxylic acids is 1. The molecule has 1 aromatic rings. The molecule has 0 radical (unpaired) electrons. The molecule has 5 rings (SSSR count). The minimum absolute atomic E-state index is 0.00967. The number of rotatable bonds is 4. The van der Waals surface area contributed by atoms with Gasteiger partial charge in [0.2, 0.25) is 0 Å². The molecule has 4 aliphatic carbocycles. The fourth-order valence-corrected chi connectivity index (χ4v) is 7.98. The lowest BCUT2D eigenvalue weighted by molar-refractivity contribution is -0.362. The summed E-state index contributed by atoms with van der Waals surface area (Å²) in [5.74, 6) is -7.00. The Morgan fingerprint density at radius 3 is 2.32 bits per heavy atom. The molecule has 0 bridgehead atoms. The predicted molar refractivity (Wildman–Crippen MR) is 126 cm³/mol. The van der Waals surface area contributed by atoms with Gasteiger partial charge >= 0.3 is 22.4 Å². The molecule has 38 heavy (non-hydrogen) atoms. The van der Waals surface area contributed by atoms with Gasteiger partial charge in [-0.15, -0.1) is 0 Å². The van der Waals surface area contributed by atoms with Crippen LogP contribution in [-0.2, 0) is 15.1 Å². The zero-order valence-corrected chi connectivity index (χ0v) is 21.3. The summed E-state index contributed by atoms with van der Waals surface area (Å²) in [5, 5.41) is 16.2. The zero-order chi connectivity index (χ0) is 27.9. The van der Waals surface area contributed by atoms with Crippen molar-refractivity contribution in [3.8, 4) is 5.75 Å². The molecule has 0 aliphatic heterocycles. The number of benzene rings is 1. The maximum atomic E-state index is 15.0. The van der Waals surface area contributed by atoms with E-state index in [0.29, 0.717) is 24.8 Å². The molecule has 2 saturated carbocycles. The predicted octanol–water partition coefficient (Wildman–Crippen LogP) is 5.10. The minimum Gasteiger partial charge on any atom is -0.383 e. The summed E-state index contributed by atoms with van der Waals surface area (Å²) in [6.07, 6.45) is -3.47. The lowest BCUT2D eigenvalue weighted by Crippen LogP contribution is -2.65. The molecule has 6 nitrogen and oxygen atoms in total. The second-order valence-electron chi connectivity index (χ2n) is 11.1. The second kappa shape index (κ2) is 8.59. The summed E-state index contributed by atoms with van der Waals surface area (Å²) in [4.78, 5) is 12.1. The van der Waals surface area contributed by atoms with Crippen molar-refractivity contribution in [2.24, 2.45) is 22.4 Å². The van der Waals surface area contributed by atoms with Gasteiger partial charge in [0.25, 0.3) is 0 Å². The summed E-state index contributed by atoms with van der Waals surface area (Å²) in [6.45, 7) is 1.34. The Bertz CT molecular complexity index is 1340. The first-order valence-corrected chi connectivity index (χ1v) is 13.9. The van der Waals surface area contributed by atoms with Crippen LogP contribution in [0.5, 0.6) is 5.75 Å². The van der Waals surface area contributed by atoms with Gasteiger partial charge in [-0.1, -0.05) is 24.6 Å². The maximum Gasteiger partial charge on any atom is 0.456 e. The number of allylic oxidation sites excluding steroid dienone is 4. The van der Waals surface area contributed by atoms with Crippen molar-refractivity contribution in [1.29, 1.82) is 0 Å². The molecule has 4 aliphatic rings. The average Bonchev–Trinajstić information content (AvgIpc) is 3.09. The highest BCUT2D eigenvalue weighted by Crippen LogP contribution is 2.70. The van der Waals surface area contributed by atoms with Crippen LogP contribution in [0.4, 0.5) is 22.0 Å². The van der Waals surface area contributed by atoms with E-state index < -0.39 is 51.7 Å². The van der Waals surface area contributed by atoms with Crippen LogP contribution in [0.25, 0.3) is 0 Å². The molecule has 0 unspecified atom stereocenters. The van der Waals surface area contributed by atoms with Crippen LogP contribution < -0.4 is 9.32 Å². The number of hydrogen-bond donors (Lipinski definition) is 2. The van der Waals surface area contributed by atoms with Crippen LogP contribution in [0, 0.1) is 17.3 Å². The minimum atomic E-state index is -5.92. The van der Waals surface area contributed by atoms with Crippen LogP contribution in [-0.4, -0.2) is 37.0 Å². The Balaban J connectivity index is 1.66. The van der Waals surface area contributed by atoms with E-state index in [1.165, 1.54) is 31.2 Å². The topological polar surface area (TPSA) is 107 Å². The van der Waals surface area contributed by atoms with E-state index in [0.717, 1.165) is 16.7 Å². The fourth-order valence-electron chi connectivity index (χ4n) is 7.60. The number of carbonyl (C=O) groups is 1. The molecule has 1 aromatic carbocycles. The summed E-state index contributed by atoms with van der Waals surface area (Å²) < 4.78 is 98.1. The van der Waals surface area contributed by atoms with E-state index in [1.807, 2.05) is 0 Å². The van der Waals surface area contributed by atoms with Crippen LogP contribution in [0.1, 0.15) is 63.4 Å². The number of alkyl halides is 5. The van der Waals surface area contributed by atoms with E-state index in [4.69, 9.17) is 5.14 Å². The van der Waals surface area contributed by atoms with Crippen LogP contribution in [0.2, 0.25) is 0 Å². The van der Waals surface area contributed by atoms with Crippen molar-refractivity contribution in [3.05, 3.63) is 52.6 Å². The van der Waals surface area contributed by atoms with E-state index in [1.54, 1.807) is 6.08 Å². The third kappa shape index (κ3) is 4.02. The second-order valence-corrected chi connectivity index (χ2v) is 12.3. The third-order valence-corrected chi connectivity index (χ3v) is 9.68. The van der Waals surface area contributed by atoms with Gasteiger partial charge in [0.15, 0.2) is 5.78 Å². The van der Waals surface area contributed by atoms with Crippen LogP contribution in [0.15, 0.2) is 47.1 Å². The van der Waals surface area contributed by atoms with Crippen LogP contribution in [0.3, 0.4) is 0 Å². The smallest absolute Gasteiger partial charge is 0.383 e. The first-order chi connectivity index (χ1) is 17.5. The molecule has 0 heterocycles. The quantitative estimate of drug-likeness (QED) is 0.498. The summed E-state index contributed by atoms with van der Waals surface area (Å²) in [7, 11) is -4.29. The van der Waals surface area contributed by atoms with Crippen molar-refractivity contribution < 1.29 is 44.5 Å². The zero-order valence-electron chi connectivity index (χ0n) is 20.5. The van der Waals surface area contributed by atoms with Gasteiger partial charge in [-0.2, -0.15) is 35.5 Å². The van der Waals surface area contributed by atoms with Gasteiger partial charge < -0.3 is 9.29 Å². The Kier molecular flexibility index (Phi) is 6.17. The van der Waals surface area contributed by atoms with Gasteiger partial charge in [-0.05, 0) is 85.3 Å². The third-order valence-electron chi connectivity index (χ3n) is 9.26. The highest BCUT2D eigenvalue weighted by Gasteiger charge is 2.79. The lowest BCUT2D eigenvalue weighted by Gasteiger charge is -2.56. The Labute approximate surface area is 217 Å².